The molecule has 0 bridgehead atoms. The molecule has 5 nitrogen and oxygen atoms in total. The van der Waals surface area contributed by atoms with Gasteiger partial charge in [-0.3, -0.25) is 10.1 Å². The first-order chi connectivity index (χ1) is 9.97. The van der Waals surface area contributed by atoms with E-state index in [1.54, 1.807) is 17.0 Å². The van der Waals surface area contributed by atoms with Crippen molar-refractivity contribution >= 4 is 29.2 Å². The standard InChI is InChI=1S/C14H17ClFN3O2/c1-10(15)13(20)17-14(21)19-8-6-18(7-9-19)12-4-2-11(16)3-5-12/h2-5,10H,6-9H2,1H3,(H,17,20,21). The summed E-state index contributed by atoms with van der Waals surface area (Å²) in [6.45, 7) is 3.75. The highest BCUT2D eigenvalue weighted by Crippen LogP contribution is 2.16. The zero-order chi connectivity index (χ0) is 15.4. The van der Waals surface area contributed by atoms with Crippen molar-refractivity contribution < 1.29 is 14.0 Å². The van der Waals surface area contributed by atoms with Crippen molar-refractivity contribution in [1.29, 1.82) is 0 Å². The van der Waals surface area contributed by atoms with Crippen molar-refractivity contribution in [3.63, 3.8) is 0 Å². The van der Waals surface area contributed by atoms with Crippen molar-refractivity contribution in [2.24, 2.45) is 0 Å². The van der Waals surface area contributed by atoms with Crippen LogP contribution in [0, 0.1) is 5.82 Å². The van der Waals surface area contributed by atoms with E-state index in [4.69, 9.17) is 11.6 Å². The summed E-state index contributed by atoms with van der Waals surface area (Å²) < 4.78 is 12.9. The Balaban J connectivity index is 1.87. The number of benzene rings is 1. The molecule has 1 aliphatic rings. The number of alkyl halides is 1. The molecule has 7 heteroatoms. The molecular formula is C14H17ClFN3O2. The van der Waals surface area contributed by atoms with E-state index in [0.717, 1.165) is 5.69 Å². The summed E-state index contributed by atoms with van der Waals surface area (Å²) in [4.78, 5) is 26.9. The van der Waals surface area contributed by atoms with E-state index in [9.17, 15) is 14.0 Å². The highest BCUT2D eigenvalue weighted by molar-refractivity contribution is 6.31. The maximum atomic E-state index is 12.9. The first-order valence-electron chi connectivity index (χ1n) is 6.71. The SMILES string of the molecule is CC(Cl)C(=O)NC(=O)N1CCN(c2ccc(F)cc2)CC1. The molecule has 1 unspecified atom stereocenters. The van der Waals surface area contributed by atoms with Crippen LogP contribution in [-0.2, 0) is 4.79 Å². The third kappa shape index (κ3) is 4.07. The van der Waals surface area contributed by atoms with E-state index in [2.05, 4.69) is 10.2 Å². The lowest BCUT2D eigenvalue weighted by Crippen LogP contribution is -2.53. The molecule has 1 N–H and O–H groups in total. The van der Waals surface area contributed by atoms with Crippen LogP contribution in [0.25, 0.3) is 0 Å². The zero-order valence-electron chi connectivity index (χ0n) is 11.7. The number of carbonyl (C=O) groups excluding carboxylic acids is 2. The average Bonchev–Trinajstić information content (AvgIpc) is 2.48. The highest BCUT2D eigenvalue weighted by atomic mass is 35.5. The van der Waals surface area contributed by atoms with Crippen LogP contribution < -0.4 is 10.2 Å². The molecule has 1 aromatic carbocycles. The minimum Gasteiger partial charge on any atom is -0.368 e. The van der Waals surface area contributed by atoms with Gasteiger partial charge in [-0.2, -0.15) is 0 Å². The van der Waals surface area contributed by atoms with Gasteiger partial charge in [0.2, 0.25) is 5.91 Å². The summed E-state index contributed by atoms with van der Waals surface area (Å²) in [5.74, 6) is -0.770. The Labute approximate surface area is 127 Å². The molecule has 0 saturated carbocycles. The first kappa shape index (κ1) is 15.6. The Morgan fingerprint density at radius 2 is 1.76 bits per heavy atom. The number of rotatable bonds is 2. The molecule has 1 aliphatic heterocycles. The van der Waals surface area contributed by atoms with Crippen molar-refractivity contribution in [1.82, 2.24) is 10.2 Å². The van der Waals surface area contributed by atoms with Gasteiger partial charge in [-0.05, 0) is 31.2 Å². The zero-order valence-corrected chi connectivity index (χ0v) is 12.4. The molecule has 21 heavy (non-hydrogen) atoms. The van der Waals surface area contributed by atoms with Crippen molar-refractivity contribution in [2.45, 2.75) is 12.3 Å². The number of carbonyl (C=O) groups is 2. The number of amides is 3. The molecule has 0 radical (unpaired) electrons. The summed E-state index contributed by atoms with van der Waals surface area (Å²) >= 11 is 5.61. The van der Waals surface area contributed by atoms with E-state index >= 15 is 0 Å². The smallest absolute Gasteiger partial charge is 0.324 e. The monoisotopic (exact) mass is 313 g/mol. The molecule has 0 spiro atoms. The lowest BCUT2D eigenvalue weighted by atomic mass is 10.2. The summed E-state index contributed by atoms with van der Waals surface area (Å²) in [5.41, 5.74) is 0.918. The van der Waals surface area contributed by atoms with Crippen LogP contribution in [0.15, 0.2) is 24.3 Å². The van der Waals surface area contributed by atoms with Gasteiger partial charge in [0.1, 0.15) is 11.2 Å². The molecule has 0 aromatic heterocycles. The highest BCUT2D eigenvalue weighted by Gasteiger charge is 2.23. The second kappa shape index (κ2) is 6.76. The number of hydrogen-bond acceptors (Lipinski definition) is 3. The Morgan fingerprint density at radius 1 is 1.19 bits per heavy atom. The fraction of sp³-hybridized carbons (Fsp3) is 0.429. The fourth-order valence-electron chi connectivity index (χ4n) is 2.10. The third-order valence-corrected chi connectivity index (χ3v) is 3.55. The number of anilines is 1. The van der Waals surface area contributed by atoms with Crippen molar-refractivity contribution in [3.05, 3.63) is 30.1 Å². The lowest BCUT2D eigenvalue weighted by Gasteiger charge is -2.36. The van der Waals surface area contributed by atoms with E-state index in [0.29, 0.717) is 26.2 Å². The summed E-state index contributed by atoms with van der Waals surface area (Å²) in [6, 6.07) is 5.82. The van der Waals surface area contributed by atoms with Crippen LogP contribution in [-0.4, -0.2) is 48.4 Å². The Hall–Kier alpha value is -1.82. The Morgan fingerprint density at radius 3 is 2.29 bits per heavy atom. The van der Waals surface area contributed by atoms with Crippen LogP contribution in [0.5, 0.6) is 0 Å². The third-order valence-electron chi connectivity index (χ3n) is 3.35. The van der Waals surface area contributed by atoms with Gasteiger partial charge >= 0.3 is 6.03 Å². The molecule has 1 aromatic rings. The van der Waals surface area contributed by atoms with Gasteiger partial charge in [0.05, 0.1) is 0 Å². The van der Waals surface area contributed by atoms with Gasteiger partial charge in [-0.1, -0.05) is 0 Å². The predicted molar refractivity (Wildman–Crippen MR) is 79.0 cm³/mol. The summed E-state index contributed by atoms with van der Waals surface area (Å²) in [5, 5.41) is 1.52. The summed E-state index contributed by atoms with van der Waals surface area (Å²) in [6.07, 6.45) is 0. The molecular weight excluding hydrogens is 297 g/mol. The number of imide groups is 1. The first-order valence-corrected chi connectivity index (χ1v) is 7.15. The lowest BCUT2D eigenvalue weighted by molar-refractivity contribution is -0.119. The predicted octanol–water partition coefficient (Wildman–Crippen LogP) is 1.81. The molecule has 1 atom stereocenters. The number of nitrogens with one attached hydrogen (secondary N) is 1. The largest absolute Gasteiger partial charge is 0.368 e. The molecule has 3 amide bonds. The number of hydrogen-bond donors (Lipinski definition) is 1. The molecule has 1 fully saturated rings. The Kier molecular flexibility index (Phi) is 5.01. The van der Waals surface area contributed by atoms with E-state index in [1.807, 2.05) is 0 Å². The molecule has 114 valence electrons. The molecule has 1 saturated heterocycles. The van der Waals surface area contributed by atoms with Gasteiger partial charge in [-0.15, -0.1) is 11.6 Å². The van der Waals surface area contributed by atoms with Crippen LogP contribution >= 0.6 is 11.6 Å². The van der Waals surface area contributed by atoms with E-state index in [-0.39, 0.29) is 5.82 Å². The minimum absolute atomic E-state index is 0.273. The van der Waals surface area contributed by atoms with Gasteiger partial charge in [0.15, 0.2) is 0 Å². The Bertz CT molecular complexity index is 513. The summed E-state index contributed by atoms with van der Waals surface area (Å²) in [7, 11) is 0. The minimum atomic E-state index is -0.741. The van der Waals surface area contributed by atoms with Gasteiger partial charge in [-0.25, -0.2) is 9.18 Å². The molecule has 0 aliphatic carbocycles. The second-order valence-electron chi connectivity index (χ2n) is 4.86. The van der Waals surface area contributed by atoms with Crippen molar-refractivity contribution in [2.75, 3.05) is 31.1 Å². The number of urea groups is 1. The van der Waals surface area contributed by atoms with Crippen LogP contribution in [0.1, 0.15) is 6.92 Å². The number of halogens is 2. The van der Waals surface area contributed by atoms with E-state index < -0.39 is 17.3 Å². The maximum Gasteiger partial charge on any atom is 0.324 e. The second-order valence-corrected chi connectivity index (χ2v) is 5.52. The fourth-order valence-corrected chi connectivity index (χ4v) is 2.16. The number of piperazine rings is 1. The normalized spacial score (nSPS) is 16.5. The van der Waals surface area contributed by atoms with Gasteiger partial charge < -0.3 is 9.80 Å². The molecule has 1 heterocycles. The van der Waals surface area contributed by atoms with Crippen LogP contribution in [0.3, 0.4) is 0 Å². The number of nitrogens with zero attached hydrogens (tertiary/aromatic N) is 2. The molecule has 2 rings (SSSR count). The van der Waals surface area contributed by atoms with Crippen LogP contribution in [0.4, 0.5) is 14.9 Å². The van der Waals surface area contributed by atoms with E-state index in [1.165, 1.54) is 19.1 Å². The van der Waals surface area contributed by atoms with Gasteiger partial charge in [0, 0.05) is 31.9 Å². The quantitative estimate of drug-likeness (QED) is 0.847. The topological polar surface area (TPSA) is 52.7 Å². The van der Waals surface area contributed by atoms with Gasteiger partial charge in [0.25, 0.3) is 0 Å². The average molecular weight is 314 g/mol. The van der Waals surface area contributed by atoms with Crippen LogP contribution in [0.2, 0.25) is 0 Å². The van der Waals surface area contributed by atoms with Crippen molar-refractivity contribution in [3.8, 4) is 0 Å². The maximum absolute atomic E-state index is 12.9.